The molecule has 0 aromatic heterocycles. The highest BCUT2D eigenvalue weighted by Gasteiger charge is 2.17. The summed E-state index contributed by atoms with van der Waals surface area (Å²) in [5.74, 6) is -0.908. The monoisotopic (exact) mass is 230 g/mol. The van der Waals surface area contributed by atoms with Crippen LogP contribution in [0.5, 0.6) is 0 Å². The number of carbonyl (C=O) groups is 3. The van der Waals surface area contributed by atoms with E-state index >= 15 is 0 Å². The lowest BCUT2D eigenvalue weighted by molar-refractivity contribution is -0.122. The van der Waals surface area contributed by atoms with E-state index in [-0.39, 0.29) is 12.5 Å². The molecule has 0 spiro atoms. The van der Waals surface area contributed by atoms with Gasteiger partial charge in [-0.2, -0.15) is 0 Å². The van der Waals surface area contributed by atoms with Crippen LogP contribution in [0, 0.1) is 0 Å². The van der Waals surface area contributed by atoms with Gasteiger partial charge in [-0.1, -0.05) is 0 Å². The van der Waals surface area contributed by atoms with E-state index in [9.17, 15) is 14.4 Å². The molecule has 4 amide bonds. The Kier molecular flexibility index (Phi) is 6.09. The van der Waals surface area contributed by atoms with Crippen molar-refractivity contribution in [3.05, 3.63) is 0 Å². The predicted octanol–water partition coefficient (Wildman–Crippen LogP) is -1.32. The number of urea groups is 1. The summed E-state index contributed by atoms with van der Waals surface area (Å²) in [5, 5.41) is 7.23. The Morgan fingerprint density at radius 1 is 1.25 bits per heavy atom. The third-order valence-corrected chi connectivity index (χ3v) is 1.90. The van der Waals surface area contributed by atoms with Crippen LogP contribution in [0.25, 0.3) is 0 Å². The Morgan fingerprint density at radius 2 is 1.81 bits per heavy atom. The van der Waals surface area contributed by atoms with Gasteiger partial charge >= 0.3 is 6.03 Å². The molecule has 0 aromatic rings. The third kappa shape index (κ3) is 5.97. The lowest BCUT2D eigenvalue weighted by atomic mass is 10.2. The fourth-order valence-corrected chi connectivity index (χ4v) is 1.15. The fraction of sp³-hybridized carbons (Fsp3) is 0.667. The van der Waals surface area contributed by atoms with Crippen LogP contribution in [0.4, 0.5) is 4.79 Å². The van der Waals surface area contributed by atoms with Crippen molar-refractivity contribution in [2.24, 2.45) is 5.73 Å². The molecule has 0 aliphatic heterocycles. The zero-order valence-corrected chi connectivity index (χ0v) is 9.66. The minimum absolute atomic E-state index is 0.137. The first-order chi connectivity index (χ1) is 7.36. The summed E-state index contributed by atoms with van der Waals surface area (Å²) in [6, 6.07) is -1.37. The van der Waals surface area contributed by atoms with Gasteiger partial charge in [-0.05, 0) is 13.8 Å². The van der Waals surface area contributed by atoms with Gasteiger partial charge in [0.05, 0.1) is 6.04 Å². The molecule has 2 unspecified atom stereocenters. The van der Waals surface area contributed by atoms with Crippen molar-refractivity contribution in [3.63, 3.8) is 0 Å². The van der Waals surface area contributed by atoms with Crippen molar-refractivity contribution in [1.82, 2.24) is 16.0 Å². The quantitative estimate of drug-likeness (QED) is 0.469. The summed E-state index contributed by atoms with van der Waals surface area (Å²) in [5.41, 5.74) is 5.00. The smallest absolute Gasteiger partial charge is 0.321 e. The van der Waals surface area contributed by atoms with Crippen molar-refractivity contribution in [2.75, 3.05) is 7.05 Å². The maximum Gasteiger partial charge on any atom is 0.321 e. The first kappa shape index (κ1) is 14.4. The average Bonchev–Trinajstić information content (AvgIpc) is 2.15. The van der Waals surface area contributed by atoms with Gasteiger partial charge in [0.15, 0.2) is 0 Å². The standard InChI is InChI=1S/C9H18N4O3/c1-5(4-7(10)14)12-6(2)8(15)13-9(16)11-3/h5-6,12H,4H2,1-3H3,(H2,10,14)(H2,11,13,15,16). The molecule has 16 heavy (non-hydrogen) atoms. The van der Waals surface area contributed by atoms with Crippen LogP contribution < -0.4 is 21.7 Å². The number of rotatable bonds is 5. The van der Waals surface area contributed by atoms with E-state index in [1.807, 2.05) is 0 Å². The van der Waals surface area contributed by atoms with Gasteiger partial charge in [-0.3, -0.25) is 14.9 Å². The number of hydrogen-bond acceptors (Lipinski definition) is 4. The molecular formula is C9H18N4O3. The molecule has 0 aromatic carbocycles. The Balaban J connectivity index is 4.04. The van der Waals surface area contributed by atoms with Gasteiger partial charge in [0.1, 0.15) is 0 Å². The van der Waals surface area contributed by atoms with Crippen molar-refractivity contribution in [3.8, 4) is 0 Å². The van der Waals surface area contributed by atoms with Gasteiger partial charge in [0.2, 0.25) is 11.8 Å². The zero-order chi connectivity index (χ0) is 12.7. The maximum absolute atomic E-state index is 11.4. The molecule has 2 atom stereocenters. The van der Waals surface area contributed by atoms with Crippen LogP contribution in [0.1, 0.15) is 20.3 Å². The number of primary amides is 1. The molecule has 0 heterocycles. The summed E-state index contributed by atoms with van der Waals surface area (Å²) < 4.78 is 0. The number of amides is 4. The third-order valence-electron chi connectivity index (χ3n) is 1.90. The summed E-state index contributed by atoms with van der Waals surface area (Å²) in [6.07, 6.45) is 0.137. The Hall–Kier alpha value is -1.63. The number of carbonyl (C=O) groups excluding carboxylic acids is 3. The molecular weight excluding hydrogens is 212 g/mol. The molecule has 0 saturated carbocycles. The van der Waals surface area contributed by atoms with Gasteiger partial charge in [-0.15, -0.1) is 0 Å². The first-order valence-corrected chi connectivity index (χ1v) is 4.93. The fourth-order valence-electron chi connectivity index (χ4n) is 1.15. The molecule has 0 aliphatic carbocycles. The second-order valence-corrected chi connectivity index (χ2v) is 3.53. The molecule has 0 saturated heterocycles. The van der Waals surface area contributed by atoms with Gasteiger partial charge in [-0.25, -0.2) is 4.79 Å². The zero-order valence-electron chi connectivity index (χ0n) is 9.66. The van der Waals surface area contributed by atoms with E-state index in [1.165, 1.54) is 7.05 Å². The number of nitrogens with one attached hydrogen (secondary N) is 3. The van der Waals surface area contributed by atoms with Crippen LogP contribution in [-0.2, 0) is 9.59 Å². The number of hydrogen-bond donors (Lipinski definition) is 4. The van der Waals surface area contributed by atoms with Crippen molar-refractivity contribution in [2.45, 2.75) is 32.4 Å². The lowest BCUT2D eigenvalue weighted by Gasteiger charge is -2.17. The maximum atomic E-state index is 11.4. The summed E-state index contributed by atoms with van der Waals surface area (Å²) in [7, 11) is 1.41. The molecule has 7 heteroatoms. The first-order valence-electron chi connectivity index (χ1n) is 4.93. The molecule has 0 bridgehead atoms. The molecule has 7 nitrogen and oxygen atoms in total. The van der Waals surface area contributed by atoms with Gasteiger partial charge in [0, 0.05) is 19.5 Å². The van der Waals surface area contributed by atoms with Crippen LogP contribution in [0.3, 0.4) is 0 Å². The number of imide groups is 1. The predicted molar refractivity (Wildman–Crippen MR) is 58.5 cm³/mol. The Morgan fingerprint density at radius 3 is 2.25 bits per heavy atom. The Labute approximate surface area is 94.1 Å². The molecule has 92 valence electrons. The van der Waals surface area contributed by atoms with Crippen LogP contribution in [-0.4, -0.2) is 37.0 Å². The highest BCUT2D eigenvalue weighted by atomic mass is 16.2. The minimum atomic E-state index is -0.577. The highest BCUT2D eigenvalue weighted by molar-refractivity contribution is 5.96. The van der Waals surface area contributed by atoms with Crippen LogP contribution in [0.2, 0.25) is 0 Å². The summed E-state index contributed by atoms with van der Waals surface area (Å²) >= 11 is 0. The topological polar surface area (TPSA) is 113 Å². The number of nitrogens with two attached hydrogens (primary N) is 1. The van der Waals surface area contributed by atoms with Gasteiger partial charge < -0.3 is 16.4 Å². The van der Waals surface area contributed by atoms with Crippen molar-refractivity contribution >= 4 is 17.8 Å². The van der Waals surface area contributed by atoms with E-state index in [2.05, 4.69) is 16.0 Å². The molecule has 0 radical (unpaired) electrons. The van der Waals surface area contributed by atoms with Crippen molar-refractivity contribution < 1.29 is 14.4 Å². The average molecular weight is 230 g/mol. The molecule has 0 rings (SSSR count). The minimum Gasteiger partial charge on any atom is -0.370 e. The van der Waals surface area contributed by atoms with E-state index in [1.54, 1.807) is 13.8 Å². The largest absolute Gasteiger partial charge is 0.370 e. The lowest BCUT2D eigenvalue weighted by Crippen LogP contribution is -2.50. The summed E-state index contributed by atoms with van der Waals surface area (Å²) in [6.45, 7) is 3.32. The van der Waals surface area contributed by atoms with E-state index < -0.39 is 23.9 Å². The molecule has 0 fully saturated rings. The second-order valence-electron chi connectivity index (χ2n) is 3.53. The molecule has 0 aliphatic rings. The van der Waals surface area contributed by atoms with Crippen molar-refractivity contribution in [1.29, 1.82) is 0 Å². The normalized spacial score (nSPS) is 13.7. The van der Waals surface area contributed by atoms with E-state index in [0.29, 0.717) is 0 Å². The molecule has 5 N–H and O–H groups in total. The summed E-state index contributed by atoms with van der Waals surface area (Å²) in [4.78, 5) is 32.8. The second kappa shape index (κ2) is 6.78. The van der Waals surface area contributed by atoms with E-state index in [0.717, 1.165) is 0 Å². The van der Waals surface area contributed by atoms with Crippen LogP contribution >= 0.6 is 0 Å². The van der Waals surface area contributed by atoms with Gasteiger partial charge in [0.25, 0.3) is 0 Å². The Bertz CT molecular complexity index is 280. The van der Waals surface area contributed by atoms with Crippen LogP contribution in [0.15, 0.2) is 0 Å². The van der Waals surface area contributed by atoms with E-state index in [4.69, 9.17) is 5.73 Å². The SMILES string of the molecule is CNC(=O)NC(=O)C(C)NC(C)CC(N)=O. The highest BCUT2D eigenvalue weighted by Crippen LogP contribution is 1.92.